The molecule has 0 aliphatic rings. The Bertz CT molecular complexity index is 721. The van der Waals surface area contributed by atoms with Crippen LogP contribution in [0.3, 0.4) is 0 Å². The summed E-state index contributed by atoms with van der Waals surface area (Å²) >= 11 is 6.69. The number of hydrogen-bond donors (Lipinski definition) is 2. The maximum atomic E-state index is 11.8. The minimum absolute atomic E-state index is 0.145. The summed E-state index contributed by atoms with van der Waals surface area (Å²) < 4.78 is 7.37. The molecule has 25 heavy (non-hydrogen) atoms. The molecule has 2 amide bonds. The van der Waals surface area contributed by atoms with Gasteiger partial charge in [-0.25, -0.2) is 0 Å². The first kappa shape index (κ1) is 19.5. The van der Waals surface area contributed by atoms with Crippen molar-refractivity contribution in [3.63, 3.8) is 0 Å². The highest BCUT2D eigenvalue weighted by molar-refractivity contribution is 9.10. The van der Waals surface area contributed by atoms with Gasteiger partial charge in [-0.15, -0.1) is 0 Å². The Labute approximate surface area is 163 Å². The Morgan fingerprint density at radius 3 is 2.40 bits per heavy atom. The normalized spacial score (nSPS) is 10.2. The molecule has 0 spiro atoms. The van der Waals surface area contributed by atoms with Crippen molar-refractivity contribution in [1.82, 2.24) is 5.32 Å². The molecular weight excluding hydrogens is 452 g/mol. The van der Waals surface area contributed by atoms with Crippen molar-refractivity contribution >= 4 is 49.4 Å². The van der Waals surface area contributed by atoms with E-state index in [1.165, 1.54) is 0 Å². The molecule has 0 saturated heterocycles. The number of rotatable bonds is 8. The molecule has 5 nitrogen and oxygen atoms in total. The lowest BCUT2D eigenvalue weighted by Crippen LogP contribution is -2.28. The monoisotopic (exact) mass is 468 g/mol. The zero-order chi connectivity index (χ0) is 18.1. The van der Waals surface area contributed by atoms with E-state index in [1.54, 1.807) is 12.1 Å². The van der Waals surface area contributed by atoms with Gasteiger partial charge in [-0.05, 0) is 42.5 Å². The predicted molar refractivity (Wildman–Crippen MR) is 105 cm³/mol. The zero-order valence-electron chi connectivity index (χ0n) is 13.4. The van der Waals surface area contributed by atoms with Crippen LogP contribution in [-0.2, 0) is 9.59 Å². The first-order chi connectivity index (χ1) is 12.0. The van der Waals surface area contributed by atoms with Gasteiger partial charge in [0.05, 0.1) is 13.0 Å². The van der Waals surface area contributed by atoms with Gasteiger partial charge in [0.25, 0.3) is 0 Å². The largest absolute Gasteiger partial charge is 0.493 e. The Hall–Kier alpha value is -1.86. The third kappa shape index (κ3) is 7.70. The summed E-state index contributed by atoms with van der Waals surface area (Å²) in [6.07, 6.45) is 0.454. The SMILES string of the molecule is O=C(CCOc1cccc(Br)c1)NCCC(=O)Nc1ccc(Br)cc1. The Morgan fingerprint density at radius 1 is 0.920 bits per heavy atom. The van der Waals surface area contributed by atoms with Crippen LogP contribution in [0.15, 0.2) is 57.5 Å². The molecule has 132 valence electrons. The van der Waals surface area contributed by atoms with E-state index >= 15 is 0 Å². The lowest BCUT2D eigenvalue weighted by molar-refractivity contribution is -0.121. The first-order valence-corrected chi connectivity index (χ1v) is 9.32. The molecular formula is C18H18Br2N2O3. The highest BCUT2D eigenvalue weighted by atomic mass is 79.9. The van der Waals surface area contributed by atoms with E-state index in [4.69, 9.17) is 4.74 Å². The van der Waals surface area contributed by atoms with E-state index in [0.717, 1.165) is 14.6 Å². The summed E-state index contributed by atoms with van der Waals surface area (Å²) in [7, 11) is 0. The summed E-state index contributed by atoms with van der Waals surface area (Å²) in [4.78, 5) is 23.5. The third-order valence-electron chi connectivity index (χ3n) is 3.20. The van der Waals surface area contributed by atoms with E-state index in [2.05, 4.69) is 42.5 Å². The molecule has 2 N–H and O–H groups in total. The average molecular weight is 470 g/mol. The molecule has 0 bridgehead atoms. The molecule has 0 radical (unpaired) electrons. The first-order valence-electron chi connectivity index (χ1n) is 7.73. The number of hydrogen-bond acceptors (Lipinski definition) is 3. The van der Waals surface area contributed by atoms with Crippen LogP contribution in [0.4, 0.5) is 5.69 Å². The number of carbonyl (C=O) groups is 2. The van der Waals surface area contributed by atoms with Crippen LogP contribution < -0.4 is 15.4 Å². The van der Waals surface area contributed by atoms with Crippen LogP contribution in [0, 0.1) is 0 Å². The second kappa shape index (κ2) is 10.2. The van der Waals surface area contributed by atoms with Crippen LogP contribution >= 0.6 is 31.9 Å². The van der Waals surface area contributed by atoms with Crippen LogP contribution in [0.1, 0.15) is 12.8 Å². The molecule has 0 heterocycles. The molecule has 7 heteroatoms. The van der Waals surface area contributed by atoms with Crippen LogP contribution in [-0.4, -0.2) is 25.0 Å². The fourth-order valence-corrected chi connectivity index (χ4v) is 2.62. The molecule has 2 aromatic rings. The van der Waals surface area contributed by atoms with Gasteiger partial charge in [0.1, 0.15) is 5.75 Å². The topological polar surface area (TPSA) is 67.4 Å². The van der Waals surface area contributed by atoms with Gasteiger partial charge in [0.15, 0.2) is 0 Å². The quantitative estimate of drug-likeness (QED) is 0.610. The van der Waals surface area contributed by atoms with Crippen molar-refractivity contribution in [2.24, 2.45) is 0 Å². The molecule has 0 atom stereocenters. The molecule has 0 saturated carbocycles. The number of carbonyl (C=O) groups excluding carboxylic acids is 2. The summed E-state index contributed by atoms with van der Waals surface area (Å²) in [5, 5.41) is 5.48. The Morgan fingerprint density at radius 2 is 1.68 bits per heavy atom. The van der Waals surface area contributed by atoms with Gasteiger partial charge >= 0.3 is 0 Å². The summed E-state index contributed by atoms with van der Waals surface area (Å²) in [5.74, 6) is 0.412. The molecule has 0 aliphatic heterocycles. The van der Waals surface area contributed by atoms with Gasteiger partial charge in [-0.1, -0.05) is 37.9 Å². The smallest absolute Gasteiger partial charge is 0.226 e. The number of benzene rings is 2. The molecule has 2 aromatic carbocycles. The predicted octanol–water partition coefficient (Wildman–Crippen LogP) is 4.13. The van der Waals surface area contributed by atoms with Crippen molar-refractivity contribution < 1.29 is 14.3 Å². The maximum Gasteiger partial charge on any atom is 0.226 e. The summed E-state index contributed by atoms with van der Waals surface area (Å²) in [5.41, 5.74) is 0.724. The highest BCUT2D eigenvalue weighted by Gasteiger charge is 2.05. The average Bonchev–Trinajstić information content (AvgIpc) is 2.57. The standard InChI is InChI=1S/C18H18Br2N2O3/c19-13-4-6-15(7-5-13)22-18(24)8-10-21-17(23)9-11-25-16-3-1-2-14(20)12-16/h1-7,12H,8-11H2,(H,21,23)(H,22,24). The molecule has 2 rings (SSSR count). The van der Waals surface area contributed by atoms with E-state index < -0.39 is 0 Å². The lowest BCUT2D eigenvalue weighted by atomic mass is 10.3. The van der Waals surface area contributed by atoms with E-state index in [9.17, 15) is 9.59 Å². The fraction of sp³-hybridized carbons (Fsp3) is 0.222. The van der Waals surface area contributed by atoms with Crippen LogP contribution in [0.2, 0.25) is 0 Å². The van der Waals surface area contributed by atoms with Crippen molar-refractivity contribution in [2.45, 2.75) is 12.8 Å². The van der Waals surface area contributed by atoms with Crippen molar-refractivity contribution in [3.8, 4) is 5.75 Å². The van der Waals surface area contributed by atoms with Crippen molar-refractivity contribution in [1.29, 1.82) is 0 Å². The van der Waals surface area contributed by atoms with Crippen molar-refractivity contribution in [3.05, 3.63) is 57.5 Å². The second-order valence-electron chi connectivity index (χ2n) is 5.21. The molecule has 0 aromatic heterocycles. The van der Waals surface area contributed by atoms with Crippen molar-refractivity contribution in [2.75, 3.05) is 18.5 Å². The van der Waals surface area contributed by atoms with Crippen LogP contribution in [0.25, 0.3) is 0 Å². The number of nitrogens with one attached hydrogen (secondary N) is 2. The molecule has 0 fully saturated rings. The Balaban J connectivity index is 1.60. The Kier molecular flexibility index (Phi) is 7.94. The van der Waals surface area contributed by atoms with E-state index in [0.29, 0.717) is 5.75 Å². The maximum absolute atomic E-state index is 11.8. The van der Waals surface area contributed by atoms with E-state index in [-0.39, 0.29) is 37.8 Å². The molecule has 0 unspecified atom stereocenters. The zero-order valence-corrected chi connectivity index (χ0v) is 16.6. The van der Waals surface area contributed by atoms with Gasteiger partial charge in [-0.3, -0.25) is 9.59 Å². The highest BCUT2D eigenvalue weighted by Crippen LogP contribution is 2.17. The van der Waals surface area contributed by atoms with Gasteiger partial charge in [0, 0.05) is 27.6 Å². The minimum Gasteiger partial charge on any atom is -0.493 e. The molecule has 0 aliphatic carbocycles. The lowest BCUT2D eigenvalue weighted by Gasteiger charge is -2.08. The van der Waals surface area contributed by atoms with Gasteiger partial charge in [0.2, 0.25) is 11.8 Å². The van der Waals surface area contributed by atoms with E-state index in [1.807, 2.05) is 36.4 Å². The van der Waals surface area contributed by atoms with Gasteiger partial charge in [-0.2, -0.15) is 0 Å². The summed E-state index contributed by atoms with van der Waals surface area (Å²) in [6.45, 7) is 0.575. The van der Waals surface area contributed by atoms with Crippen LogP contribution in [0.5, 0.6) is 5.75 Å². The number of ether oxygens (including phenoxy) is 1. The summed E-state index contributed by atoms with van der Waals surface area (Å²) in [6, 6.07) is 14.7. The third-order valence-corrected chi connectivity index (χ3v) is 4.22. The fourth-order valence-electron chi connectivity index (χ4n) is 1.98. The number of amides is 2. The second-order valence-corrected chi connectivity index (χ2v) is 7.04. The number of halogens is 2. The van der Waals surface area contributed by atoms with Gasteiger partial charge < -0.3 is 15.4 Å². The number of anilines is 1. The minimum atomic E-state index is -0.147.